The van der Waals surface area contributed by atoms with E-state index >= 15 is 0 Å². The fraction of sp³-hybridized carbons (Fsp3) is 0.250. The molecule has 0 bridgehead atoms. The average molecular weight is 478 g/mol. The number of anilines is 1. The highest BCUT2D eigenvalue weighted by Gasteiger charge is 2.27. The molecule has 11 heteroatoms. The zero-order valence-corrected chi connectivity index (χ0v) is 19.0. The zero-order valence-electron chi connectivity index (χ0n) is 16.7. The van der Waals surface area contributed by atoms with Gasteiger partial charge in [0, 0.05) is 35.6 Å². The molecule has 3 aromatic rings. The molecule has 0 saturated carbocycles. The van der Waals surface area contributed by atoms with Crippen LogP contribution in [0.2, 0.25) is 5.02 Å². The van der Waals surface area contributed by atoms with Crippen molar-refractivity contribution in [2.45, 2.75) is 27.8 Å². The van der Waals surface area contributed by atoms with Gasteiger partial charge in [0.05, 0.1) is 10.6 Å². The summed E-state index contributed by atoms with van der Waals surface area (Å²) < 4.78 is 28.9. The van der Waals surface area contributed by atoms with E-state index in [9.17, 15) is 13.2 Å². The van der Waals surface area contributed by atoms with Crippen LogP contribution >= 0.6 is 23.4 Å². The Morgan fingerprint density at radius 2 is 1.94 bits per heavy atom. The fourth-order valence-corrected chi connectivity index (χ4v) is 5.79. The van der Waals surface area contributed by atoms with E-state index in [-0.39, 0.29) is 10.5 Å². The minimum Gasteiger partial charge on any atom is -0.321 e. The molecule has 1 saturated heterocycles. The number of amides is 1. The van der Waals surface area contributed by atoms with Gasteiger partial charge in [-0.15, -0.1) is 10.2 Å². The molecule has 2 heterocycles. The Balaban J connectivity index is 1.59. The maximum absolute atomic E-state index is 12.9. The molecule has 1 N–H and O–H groups in total. The number of carbonyl (C=O) groups is 1. The molecule has 1 fully saturated rings. The second-order valence-electron chi connectivity index (χ2n) is 7.06. The molecule has 0 unspecified atom stereocenters. The van der Waals surface area contributed by atoms with Crippen LogP contribution in [0.15, 0.2) is 63.7 Å². The van der Waals surface area contributed by atoms with Gasteiger partial charge >= 0.3 is 0 Å². The van der Waals surface area contributed by atoms with Crippen molar-refractivity contribution in [3.05, 3.63) is 59.4 Å². The number of nitrogens with zero attached hydrogens (tertiary/aromatic N) is 4. The lowest BCUT2D eigenvalue weighted by molar-refractivity contribution is 0.102. The van der Waals surface area contributed by atoms with Gasteiger partial charge in [0.1, 0.15) is 6.33 Å². The predicted octanol–water partition coefficient (Wildman–Crippen LogP) is 3.66. The van der Waals surface area contributed by atoms with Gasteiger partial charge in [0.15, 0.2) is 5.16 Å². The number of hydrogen-bond acceptors (Lipinski definition) is 6. The van der Waals surface area contributed by atoms with Crippen molar-refractivity contribution in [1.29, 1.82) is 0 Å². The first-order valence-electron chi connectivity index (χ1n) is 9.57. The SMILES string of the molecule is Cn1cnnc1Sc1ccc(Cl)cc1NC(=O)c1cccc(S(=O)(=O)N2CCCC2)c1. The van der Waals surface area contributed by atoms with Crippen LogP contribution in [0.5, 0.6) is 0 Å². The van der Waals surface area contributed by atoms with Crippen molar-refractivity contribution in [1.82, 2.24) is 19.1 Å². The van der Waals surface area contributed by atoms with Gasteiger partial charge in [-0.2, -0.15) is 4.31 Å². The van der Waals surface area contributed by atoms with Crippen molar-refractivity contribution in [2.75, 3.05) is 18.4 Å². The van der Waals surface area contributed by atoms with E-state index in [0.717, 1.165) is 17.7 Å². The molecule has 0 radical (unpaired) electrons. The second kappa shape index (κ2) is 8.99. The number of aryl methyl sites for hydroxylation is 1. The third-order valence-corrected chi connectivity index (χ3v) is 8.12. The van der Waals surface area contributed by atoms with Crippen LogP contribution < -0.4 is 5.32 Å². The lowest BCUT2D eigenvalue weighted by Gasteiger charge is -2.16. The molecule has 4 rings (SSSR count). The third-order valence-electron chi connectivity index (χ3n) is 4.86. The van der Waals surface area contributed by atoms with Crippen LogP contribution in [0, 0.1) is 0 Å². The molecule has 31 heavy (non-hydrogen) atoms. The molecule has 1 aromatic heterocycles. The third kappa shape index (κ3) is 4.77. The number of carbonyl (C=O) groups excluding carboxylic acids is 1. The smallest absolute Gasteiger partial charge is 0.255 e. The van der Waals surface area contributed by atoms with E-state index in [1.54, 1.807) is 41.2 Å². The Hall–Kier alpha value is -2.40. The van der Waals surface area contributed by atoms with Crippen molar-refractivity contribution in [3.8, 4) is 0 Å². The van der Waals surface area contributed by atoms with Crippen LogP contribution in [-0.4, -0.2) is 46.5 Å². The lowest BCUT2D eigenvalue weighted by Crippen LogP contribution is -2.28. The van der Waals surface area contributed by atoms with Crippen molar-refractivity contribution >= 4 is 45.0 Å². The van der Waals surface area contributed by atoms with E-state index in [0.29, 0.717) is 29.0 Å². The average Bonchev–Trinajstić information content (AvgIpc) is 3.43. The molecule has 2 aromatic carbocycles. The van der Waals surface area contributed by atoms with E-state index in [2.05, 4.69) is 15.5 Å². The first-order chi connectivity index (χ1) is 14.8. The number of halogens is 1. The van der Waals surface area contributed by atoms with Gasteiger partial charge in [-0.05, 0) is 61.0 Å². The number of aromatic nitrogens is 3. The number of benzene rings is 2. The molecule has 1 aliphatic heterocycles. The maximum Gasteiger partial charge on any atom is 0.255 e. The first-order valence-corrected chi connectivity index (χ1v) is 12.2. The predicted molar refractivity (Wildman–Crippen MR) is 119 cm³/mol. The Morgan fingerprint density at radius 1 is 1.16 bits per heavy atom. The van der Waals surface area contributed by atoms with E-state index in [1.807, 2.05) is 7.05 Å². The number of hydrogen-bond donors (Lipinski definition) is 1. The van der Waals surface area contributed by atoms with E-state index in [4.69, 9.17) is 11.6 Å². The number of rotatable bonds is 6. The quantitative estimate of drug-likeness (QED) is 0.582. The molecule has 0 aliphatic carbocycles. The fourth-order valence-electron chi connectivity index (χ4n) is 3.22. The second-order valence-corrected chi connectivity index (χ2v) is 10.4. The molecule has 1 aliphatic rings. The Kier molecular flexibility index (Phi) is 6.33. The summed E-state index contributed by atoms with van der Waals surface area (Å²) in [5, 5.41) is 11.9. The van der Waals surface area contributed by atoms with Gasteiger partial charge < -0.3 is 9.88 Å². The molecule has 162 valence electrons. The lowest BCUT2D eigenvalue weighted by atomic mass is 10.2. The summed E-state index contributed by atoms with van der Waals surface area (Å²) >= 11 is 7.47. The normalized spacial score (nSPS) is 14.6. The van der Waals surface area contributed by atoms with Gasteiger partial charge in [0.25, 0.3) is 5.91 Å². The standard InChI is InChI=1S/C20H20ClN5O3S2/c1-25-13-22-24-20(25)30-18-8-7-15(21)12-17(18)23-19(27)14-5-4-6-16(11-14)31(28,29)26-9-2-3-10-26/h4-8,11-13H,2-3,9-10H2,1H3,(H,23,27). The van der Waals surface area contributed by atoms with Crippen LogP contribution in [0.25, 0.3) is 0 Å². The minimum atomic E-state index is -3.61. The van der Waals surface area contributed by atoms with Gasteiger partial charge in [0.2, 0.25) is 10.0 Å². The van der Waals surface area contributed by atoms with Crippen LogP contribution in [0.1, 0.15) is 23.2 Å². The minimum absolute atomic E-state index is 0.113. The Bertz CT molecular complexity index is 1220. The first kappa shape index (κ1) is 21.8. The number of nitrogens with one attached hydrogen (secondary N) is 1. The van der Waals surface area contributed by atoms with E-state index < -0.39 is 15.9 Å². The monoisotopic (exact) mass is 477 g/mol. The summed E-state index contributed by atoms with van der Waals surface area (Å²) in [6.45, 7) is 1.01. The van der Waals surface area contributed by atoms with Crippen LogP contribution in [-0.2, 0) is 17.1 Å². The highest BCUT2D eigenvalue weighted by molar-refractivity contribution is 7.99. The summed E-state index contributed by atoms with van der Waals surface area (Å²) in [5.74, 6) is -0.430. The Labute approximate surface area is 189 Å². The number of sulfonamides is 1. The largest absolute Gasteiger partial charge is 0.321 e. The van der Waals surface area contributed by atoms with Gasteiger partial charge in [-0.25, -0.2) is 8.42 Å². The summed E-state index contributed by atoms with van der Waals surface area (Å²) in [6, 6.07) is 11.2. The Morgan fingerprint density at radius 3 is 2.65 bits per heavy atom. The molecule has 1 amide bonds. The summed E-state index contributed by atoms with van der Waals surface area (Å²) in [6.07, 6.45) is 3.28. The molecule has 0 spiro atoms. The van der Waals surface area contributed by atoms with Crippen LogP contribution in [0.4, 0.5) is 5.69 Å². The van der Waals surface area contributed by atoms with Crippen LogP contribution in [0.3, 0.4) is 0 Å². The topological polar surface area (TPSA) is 97.2 Å². The zero-order chi connectivity index (χ0) is 22.0. The van der Waals surface area contributed by atoms with Crippen molar-refractivity contribution in [2.24, 2.45) is 7.05 Å². The molecular formula is C20H20ClN5O3S2. The molecule has 8 nitrogen and oxygen atoms in total. The summed E-state index contributed by atoms with van der Waals surface area (Å²) in [4.78, 5) is 13.8. The highest BCUT2D eigenvalue weighted by Crippen LogP contribution is 2.34. The van der Waals surface area contributed by atoms with Gasteiger partial charge in [-0.1, -0.05) is 17.7 Å². The van der Waals surface area contributed by atoms with E-state index in [1.165, 1.54) is 28.2 Å². The molecule has 0 atom stereocenters. The van der Waals surface area contributed by atoms with Gasteiger partial charge in [-0.3, -0.25) is 4.79 Å². The summed E-state index contributed by atoms with van der Waals surface area (Å²) in [7, 11) is -1.79. The van der Waals surface area contributed by atoms with Crippen molar-refractivity contribution < 1.29 is 13.2 Å². The summed E-state index contributed by atoms with van der Waals surface area (Å²) in [5.41, 5.74) is 0.744. The molecular weight excluding hydrogens is 458 g/mol. The van der Waals surface area contributed by atoms with Crippen molar-refractivity contribution in [3.63, 3.8) is 0 Å². The maximum atomic E-state index is 12.9. The highest BCUT2D eigenvalue weighted by atomic mass is 35.5.